The third-order valence-electron chi connectivity index (χ3n) is 6.03. The highest BCUT2D eigenvalue weighted by molar-refractivity contribution is 5.94. The molecule has 2 aliphatic heterocycles. The van der Waals surface area contributed by atoms with Gasteiger partial charge < -0.3 is 14.5 Å². The van der Waals surface area contributed by atoms with Crippen molar-refractivity contribution < 1.29 is 4.79 Å². The molecule has 2 atom stereocenters. The van der Waals surface area contributed by atoms with Crippen LogP contribution in [0.5, 0.6) is 0 Å². The average molecular weight is 402 g/mol. The number of nitrogens with one attached hydrogen (secondary N) is 1. The Hall–Kier alpha value is -3.48. The number of aromatic nitrogens is 3. The quantitative estimate of drug-likeness (QED) is 0.712. The lowest BCUT2D eigenvalue weighted by molar-refractivity contribution is 0.0594. The van der Waals surface area contributed by atoms with E-state index in [1.165, 1.54) is 6.07 Å². The minimum absolute atomic E-state index is 0.0205. The molecule has 0 unspecified atom stereocenters. The standard InChI is InChI=1S/C23H22N4O3/c1-14-6-17(9-21(28)25-14)23(30)26-11-15-7-18(13-26)20-8-16(10-22(29)27(20)12-15)19-4-2-3-5-24-19/h2-6,8-10,15,18H,7,11-13H2,1H3,(H,25,28)/t15-,18+/m0/s1. The molecule has 152 valence electrons. The molecule has 0 saturated carbocycles. The van der Waals surface area contributed by atoms with Gasteiger partial charge in [-0.25, -0.2) is 0 Å². The Bertz CT molecular complexity index is 1250. The van der Waals surface area contributed by atoms with Crippen LogP contribution in [0.25, 0.3) is 11.3 Å². The Labute approximate surface area is 173 Å². The third kappa shape index (κ3) is 3.26. The molecule has 0 radical (unpaired) electrons. The fraction of sp³-hybridized carbons (Fsp3) is 0.304. The molecule has 1 N–H and O–H groups in total. The average Bonchev–Trinajstić information content (AvgIpc) is 2.73. The van der Waals surface area contributed by atoms with Crippen molar-refractivity contribution in [1.82, 2.24) is 19.4 Å². The molecule has 0 spiro atoms. The van der Waals surface area contributed by atoms with E-state index in [0.29, 0.717) is 30.9 Å². The number of amides is 1. The summed E-state index contributed by atoms with van der Waals surface area (Å²) in [4.78, 5) is 46.6. The van der Waals surface area contributed by atoms with E-state index in [-0.39, 0.29) is 28.9 Å². The maximum absolute atomic E-state index is 13.1. The van der Waals surface area contributed by atoms with Crippen molar-refractivity contribution >= 4 is 5.91 Å². The number of nitrogens with zero attached hydrogens (tertiary/aromatic N) is 3. The highest BCUT2D eigenvalue weighted by Gasteiger charge is 2.37. The number of likely N-dealkylation sites (tertiary alicyclic amines) is 1. The second kappa shape index (κ2) is 7.09. The zero-order valence-electron chi connectivity index (χ0n) is 16.7. The van der Waals surface area contributed by atoms with Crippen molar-refractivity contribution in [3.63, 3.8) is 0 Å². The lowest BCUT2D eigenvalue weighted by Crippen LogP contribution is -2.49. The Balaban J connectivity index is 1.49. The van der Waals surface area contributed by atoms with E-state index in [4.69, 9.17) is 0 Å². The summed E-state index contributed by atoms with van der Waals surface area (Å²) in [6.45, 7) is 3.50. The molecule has 7 heteroatoms. The molecule has 30 heavy (non-hydrogen) atoms. The summed E-state index contributed by atoms with van der Waals surface area (Å²) >= 11 is 0. The molecular weight excluding hydrogens is 380 g/mol. The van der Waals surface area contributed by atoms with Gasteiger partial charge in [-0.05, 0) is 43.5 Å². The van der Waals surface area contributed by atoms with Gasteiger partial charge in [-0.15, -0.1) is 0 Å². The first-order valence-corrected chi connectivity index (χ1v) is 10.1. The first-order chi connectivity index (χ1) is 14.5. The lowest BCUT2D eigenvalue weighted by atomic mass is 9.82. The number of carbonyl (C=O) groups is 1. The van der Waals surface area contributed by atoms with Crippen molar-refractivity contribution in [3.05, 3.63) is 86.3 Å². The largest absolute Gasteiger partial charge is 0.338 e. The maximum Gasteiger partial charge on any atom is 0.254 e. The van der Waals surface area contributed by atoms with E-state index in [2.05, 4.69) is 9.97 Å². The summed E-state index contributed by atoms with van der Waals surface area (Å²) in [5.74, 6) is 0.179. The summed E-state index contributed by atoms with van der Waals surface area (Å²) in [6.07, 6.45) is 2.66. The van der Waals surface area contributed by atoms with Crippen molar-refractivity contribution in [2.75, 3.05) is 13.1 Å². The topological polar surface area (TPSA) is 88.1 Å². The summed E-state index contributed by atoms with van der Waals surface area (Å²) < 4.78 is 1.85. The number of fused-ring (bicyclic) bond motifs is 4. The van der Waals surface area contributed by atoms with Gasteiger partial charge in [0.05, 0.1) is 5.69 Å². The molecule has 3 aromatic rings. The van der Waals surface area contributed by atoms with Crippen LogP contribution in [0.2, 0.25) is 0 Å². The van der Waals surface area contributed by atoms with Crippen LogP contribution in [0.15, 0.2) is 58.3 Å². The van der Waals surface area contributed by atoms with E-state index in [0.717, 1.165) is 23.4 Å². The monoisotopic (exact) mass is 402 g/mol. The van der Waals surface area contributed by atoms with Gasteiger partial charge in [-0.1, -0.05) is 6.07 Å². The number of aromatic amines is 1. The molecule has 2 bridgehead atoms. The molecule has 2 aliphatic rings. The second-order valence-corrected chi connectivity index (χ2v) is 8.26. The van der Waals surface area contributed by atoms with Crippen molar-refractivity contribution in [2.24, 2.45) is 5.92 Å². The number of piperidine rings is 1. The van der Waals surface area contributed by atoms with E-state index in [9.17, 15) is 14.4 Å². The third-order valence-corrected chi connectivity index (χ3v) is 6.03. The Kier molecular flexibility index (Phi) is 4.38. The predicted molar refractivity (Wildman–Crippen MR) is 112 cm³/mol. The number of H-pyrrole nitrogens is 1. The molecule has 1 fully saturated rings. The first-order valence-electron chi connectivity index (χ1n) is 10.1. The van der Waals surface area contributed by atoms with Crippen molar-refractivity contribution in [2.45, 2.75) is 25.8 Å². The molecular formula is C23H22N4O3. The number of carbonyl (C=O) groups excluding carboxylic acids is 1. The van der Waals surface area contributed by atoms with Crippen molar-refractivity contribution in [1.29, 1.82) is 0 Å². The van der Waals surface area contributed by atoms with Crippen molar-refractivity contribution in [3.8, 4) is 11.3 Å². The van der Waals surface area contributed by atoms with Gasteiger partial charge in [-0.3, -0.25) is 19.4 Å². The predicted octanol–water partition coefficient (Wildman–Crippen LogP) is 2.17. The van der Waals surface area contributed by atoms with E-state index < -0.39 is 0 Å². The summed E-state index contributed by atoms with van der Waals surface area (Å²) in [7, 11) is 0. The number of pyridine rings is 3. The zero-order chi connectivity index (χ0) is 20.8. The highest BCUT2D eigenvalue weighted by atomic mass is 16.2. The summed E-state index contributed by atoms with van der Waals surface area (Å²) in [6, 6.07) is 12.4. The minimum atomic E-state index is -0.271. The Morgan fingerprint density at radius 1 is 1.10 bits per heavy atom. The number of hydrogen-bond acceptors (Lipinski definition) is 4. The summed E-state index contributed by atoms with van der Waals surface area (Å²) in [5.41, 5.74) is 3.32. The van der Waals surface area contributed by atoms with Gasteiger partial charge in [-0.2, -0.15) is 0 Å². The molecule has 0 aromatic carbocycles. The number of aryl methyl sites for hydroxylation is 1. The van der Waals surface area contributed by atoms with Gasteiger partial charge in [0.25, 0.3) is 11.5 Å². The van der Waals surface area contributed by atoms with Crippen LogP contribution in [-0.4, -0.2) is 38.4 Å². The lowest BCUT2D eigenvalue weighted by Gasteiger charge is -2.43. The Morgan fingerprint density at radius 2 is 1.97 bits per heavy atom. The zero-order valence-corrected chi connectivity index (χ0v) is 16.7. The van der Waals surface area contributed by atoms with Crippen LogP contribution in [0.3, 0.4) is 0 Å². The van der Waals surface area contributed by atoms with Crippen LogP contribution < -0.4 is 11.1 Å². The molecule has 1 amide bonds. The number of rotatable bonds is 2. The smallest absolute Gasteiger partial charge is 0.254 e. The molecule has 0 aliphatic carbocycles. The van der Waals surface area contributed by atoms with Gasteiger partial charge in [0.15, 0.2) is 0 Å². The van der Waals surface area contributed by atoms with Crippen LogP contribution in [-0.2, 0) is 6.54 Å². The fourth-order valence-corrected chi connectivity index (χ4v) is 4.80. The molecule has 1 saturated heterocycles. The highest BCUT2D eigenvalue weighted by Crippen LogP contribution is 2.36. The molecule has 5 heterocycles. The van der Waals surface area contributed by atoms with Gasteiger partial charge in [0.1, 0.15) is 0 Å². The van der Waals surface area contributed by atoms with Crippen LogP contribution in [0, 0.1) is 12.8 Å². The Morgan fingerprint density at radius 3 is 2.73 bits per heavy atom. The maximum atomic E-state index is 13.1. The van der Waals surface area contributed by atoms with E-state index in [1.807, 2.05) is 33.7 Å². The van der Waals surface area contributed by atoms with Gasteiger partial charge in [0, 0.05) is 66.4 Å². The summed E-state index contributed by atoms with van der Waals surface area (Å²) in [5, 5.41) is 0. The van der Waals surface area contributed by atoms with E-state index in [1.54, 1.807) is 25.3 Å². The number of hydrogen-bond donors (Lipinski definition) is 1. The fourth-order valence-electron chi connectivity index (χ4n) is 4.80. The van der Waals surface area contributed by atoms with Crippen LogP contribution in [0.1, 0.15) is 34.1 Å². The normalized spacial score (nSPS) is 20.0. The molecule has 7 nitrogen and oxygen atoms in total. The SMILES string of the molecule is Cc1cc(C(=O)N2C[C@@H]3C[C@H](C2)c2cc(-c4ccccn4)cc(=O)n2C3)cc(=O)[nH]1. The molecule has 3 aromatic heterocycles. The van der Waals surface area contributed by atoms with Gasteiger partial charge >= 0.3 is 0 Å². The first kappa shape index (κ1) is 18.5. The minimum Gasteiger partial charge on any atom is -0.338 e. The van der Waals surface area contributed by atoms with E-state index >= 15 is 0 Å². The molecule has 5 rings (SSSR count). The second-order valence-electron chi connectivity index (χ2n) is 8.26. The van der Waals surface area contributed by atoms with Gasteiger partial charge in [0.2, 0.25) is 5.56 Å². The van der Waals surface area contributed by atoms with Crippen LogP contribution >= 0.6 is 0 Å². The van der Waals surface area contributed by atoms with Crippen LogP contribution in [0.4, 0.5) is 0 Å².